The zero-order chi connectivity index (χ0) is 24.2. The first kappa shape index (κ1) is 24.2. The Morgan fingerprint density at radius 3 is 2.47 bits per heavy atom. The zero-order valence-corrected chi connectivity index (χ0v) is 21.2. The van der Waals surface area contributed by atoms with E-state index in [4.69, 9.17) is 40.4 Å². The minimum Gasteiger partial charge on any atom is -0.345 e. The number of carbonyl (C=O) groups is 1. The van der Waals surface area contributed by atoms with Gasteiger partial charge in [0.05, 0.1) is 11.4 Å². The Kier molecular flexibility index (Phi) is 7.51. The average molecular weight is 511 g/mol. The van der Waals surface area contributed by atoms with Crippen molar-refractivity contribution in [3.8, 4) is 0 Å². The molecule has 1 aliphatic heterocycles. The summed E-state index contributed by atoms with van der Waals surface area (Å²) in [5.41, 5.74) is 3.83. The Balaban J connectivity index is 1.73. The van der Waals surface area contributed by atoms with E-state index in [1.165, 1.54) is 0 Å². The van der Waals surface area contributed by atoms with Gasteiger partial charge in [0.1, 0.15) is 0 Å². The number of nitrogens with one attached hydrogen (secondary N) is 1. The topological polar surface area (TPSA) is 47.9 Å². The quantitative estimate of drug-likeness (QED) is 0.458. The van der Waals surface area contributed by atoms with Gasteiger partial charge in [-0.1, -0.05) is 71.7 Å². The van der Waals surface area contributed by atoms with Gasteiger partial charge in [0, 0.05) is 41.3 Å². The van der Waals surface area contributed by atoms with E-state index in [2.05, 4.69) is 5.32 Å². The van der Waals surface area contributed by atoms with Crippen LogP contribution in [0.15, 0.2) is 77.8 Å². The van der Waals surface area contributed by atoms with Crippen LogP contribution in [-0.2, 0) is 11.3 Å². The maximum Gasteiger partial charge on any atom is 0.272 e. The van der Waals surface area contributed by atoms with Gasteiger partial charge in [0.2, 0.25) is 6.17 Å². The molecule has 0 radical (unpaired) electrons. The first-order valence-electron chi connectivity index (χ1n) is 10.9. The highest BCUT2D eigenvalue weighted by molar-refractivity contribution is 7.80. The van der Waals surface area contributed by atoms with Crippen LogP contribution in [0.1, 0.15) is 23.6 Å². The van der Waals surface area contributed by atoms with E-state index in [0.29, 0.717) is 45.2 Å². The van der Waals surface area contributed by atoms with Crippen molar-refractivity contribution in [3.63, 3.8) is 0 Å². The van der Waals surface area contributed by atoms with Crippen molar-refractivity contribution in [3.05, 3.63) is 99.5 Å². The number of nitrogens with zero attached hydrogens (tertiary/aromatic N) is 3. The third kappa shape index (κ3) is 5.09. The van der Waals surface area contributed by atoms with Crippen molar-refractivity contribution in [2.75, 3.05) is 18.5 Å². The number of likely N-dealkylation sites (N-methyl/N-ethyl adjacent to an activating group) is 1. The first-order valence-corrected chi connectivity index (χ1v) is 12.0. The Hall–Kier alpha value is -2.93. The highest BCUT2D eigenvalue weighted by Crippen LogP contribution is 2.31. The third-order valence-electron chi connectivity index (χ3n) is 5.67. The summed E-state index contributed by atoms with van der Waals surface area (Å²) in [5.74, 6) is -0.233. The van der Waals surface area contributed by atoms with Crippen LogP contribution in [0.4, 0.5) is 5.69 Å². The molecule has 1 aliphatic rings. The van der Waals surface area contributed by atoms with Crippen LogP contribution in [0.5, 0.6) is 0 Å². The molecule has 34 heavy (non-hydrogen) atoms. The van der Waals surface area contributed by atoms with E-state index in [0.717, 1.165) is 11.1 Å². The summed E-state index contributed by atoms with van der Waals surface area (Å²) in [7, 11) is 1.72. The maximum absolute atomic E-state index is 13.5. The number of thiocarbonyl (C=S) groups is 1. The lowest BCUT2D eigenvalue weighted by molar-refractivity contribution is -0.119. The van der Waals surface area contributed by atoms with Gasteiger partial charge in [-0.2, -0.15) is 0 Å². The van der Waals surface area contributed by atoms with Gasteiger partial charge in [0.15, 0.2) is 5.11 Å². The normalized spacial score (nSPS) is 15.3. The van der Waals surface area contributed by atoms with Crippen molar-refractivity contribution >= 4 is 57.8 Å². The molecule has 8 heteroatoms. The molecule has 1 atom stereocenters. The Bertz CT molecular complexity index is 1250. The number of aliphatic imine (C=N–C) groups is 1. The smallest absolute Gasteiger partial charge is 0.272 e. The van der Waals surface area contributed by atoms with Crippen molar-refractivity contribution in [2.45, 2.75) is 19.6 Å². The Morgan fingerprint density at radius 1 is 1.06 bits per heavy atom. The maximum atomic E-state index is 13.5. The highest BCUT2D eigenvalue weighted by atomic mass is 35.5. The molecule has 4 rings (SSSR count). The molecule has 0 saturated carbocycles. The monoisotopic (exact) mass is 510 g/mol. The number of rotatable bonds is 5. The van der Waals surface area contributed by atoms with Gasteiger partial charge in [-0.05, 0) is 49.0 Å². The summed E-state index contributed by atoms with van der Waals surface area (Å²) >= 11 is 18.6. The summed E-state index contributed by atoms with van der Waals surface area (Å²) < 4.78 is 0. The SMILES string of the molecule is CCN(Cc1ccccc1)C(=S)NC1N=C(c2ccccc2Cl)c2cc(Cl)ccc2N(C)C1=O. The predicted octanol–water partition coefficient (Wildman–Crippen LogP) is 5.53. The summed E-state index contributed by atoms with van der Waals surface area (Å²) in [4.78, 5) is 21.9. The van der Waals surface area contributed by atoms with Gasteiger partial charge in [-0.25, -0.2) is 4.99 Å². The van der Waals surface area contributed by atoms with E-state index >= 15 is 0 Å². The van der Waals surface area contributed by atoms with Crippen LogP contribution in [-0.4, -0.2) is 41.4 Å². The van der Waals surface area contributed by atoms with Crippen molar-refractivity contribution in [1.82, 2.24) is 10.2 Å². The van der Waals surface area contributed by atoms with Crippen LogP contribution in [0.2, 0.25) is 10.0 Å². The molecule has 1 amide bonds. The Labute approximate surface area is 215 Å². The van der Waals surface area contributed by atoms with Crippen molar-refractivity contribution < 1.29 is 4.79 Å². The molecule has 0 aromatic heterocycles. The van der Waals surface area contributed by atoms with Gasteiger partial charge in [-0.15, -0.1) is 0 Å². The Morgan fingerprint density at radius 2 is 1.76 bits per heavy atom. The van der Waals surface area contributed by atoms with Crippen LogP contribution in [0.3, 0.4) is 0 Å². The second-order valence-corrected chi connectivity index (χ2v) is 9.10. The van der Waals surface area contributed by atoms with Crippen molar-refractivity contribution in [1.29, 1.82) is 0 Å². The molecule has 0 bridgehead atoms. The molecule has 1 N–H and O–H groups in total. The molecular formula is C26H24Cl2N4OS. The molecule has 1 heterocycles. The molecule has 0 spiro atoms. The molecular weight excluding hydrogens is 487 g/mol. The minimum absolute atomic E-state index is 0.233. The van der Waals surface area contributed by atoms with Crippen LogP contribution < -0.4 is 10.2 Å². The van der Waals surface area contributed by atoms with E-state index in [1.807, 2.05) is 66.4 Å². The fraction of sp³-hybridized carbons (Fsp3) is 0.192. The summed E-state index contributed by atoms with van der Waals surface area (Å²) in [6, 6.07) is 22.8. The van der Waals surface area contributed by atoms with Crippen LogP contribution in [0, 0.1) is 0 Å². The second-order valence-electron chi connectivity index (χ2n) is 7.87. The van der Waals surface area contributed by atoms with E-state index < -0.39 is 6.17 Å². The second kappa shape index (κ2) is 10.6. The number of halogens is 2. The molecule has 3 aromatic carbocycles. The number of hydrogen-bond donors (Lipinski definition) is 1. The van der Waals surface area contributed by atoms with Gasteiger partial charge in [0.25, 0.3) is 5.91 Å². The standard InChI is InChI=1S/C26H24Cl2N4OS/c1-3-32(16-17-9-5-4-6-10-17)26(34)30-24-25(33)31(2)22-14-13-18(27)15-20(22)23(29-24)19-11-7-8-12-21(19)28/h4-15,24H,3,16H2,1-2H3,(H,30,34). The number of benzodiazepines with no additional fused rings is 1. The number of anilines is 1. The zero-order valence-electron chi connectivity index (χ0n) is 18.8. The number of carbonyl (C=O) groups excluding carboxylic acids is 1. The molecule has 0 aliphatic carbocycles. The molecule has 3 aromatic rings. The molecule has 1 unspecified atom stereocenters. The van der Waals surface area contributed by atoms with Gasteiger partial charge < -0.3 is 15.1 Å². The molecule has 0 saturated heterocycles. The lowest BCUT2D eigenvalue weighted by Gasteiger charge is -2.27. The summed E-state index contributed by atoms with van der Waals surface area (Å²) in [6.07, 6.45) is -0.931. The highest BCUT2D eigenvalue weighted by Gasteiger charge is 2.31. The van der Waals surface area contributed by atoms with E-state index in [9.17, 15) is 4.79 Å². The molecule has 0 fully saturated rings. The predicted molar refractivity (Wildman–Crippen MR) is 144 cm³/mol. The van der Waals surface area contributed by atoms with E-state index in [1.54, 1.807) is 30.1 Å². The minimum atomic E-state index is -0.931. The number of benzene rings is 3. The van der Waals surface area contributed by atoms with Gasteiger partial charge >= 0.3 is 0 Å². The fourth-order valence-corrected chi connectivity index (χ4v) is 4.55. The average Bonchev–Trinajstić information content (AvgIpc) is 2.94. The molecule has 174 valence electrons. The van der Waals surface area contributed by atoms with Crippen LogP contribution >= 0.6 is 35.4 Å². The van der Waals surface area contributed by atoms with Crippen LogP contribution in [0.25, 0.3) is 0 Å². The number of hydrogen-bond acceptors (Lipinski definition) is 3. The summed E-state index contributed by atoms with van der Waals surface area (Å²) in [6.45, 7) is 3.32. The largest absolute Gasteiger partial charge is 0.345 e. The lowest BCUT2D eigenvalue weighted by Crippen LogP contribution is -2.50. The van der Waals surface area contributed by atoms with Gasteiger partial charge in [-0.3, -0.25) is 4.79 Å². The fourth-order valence-electron chi connectivity index (χ4n) is 3.85. The first-order chi connectivity index (χ1) is 16.4. The molecule has 5 nitrogen and oxygen atoms in total. The lowest BCUT2D eigenvalue weighted by atomic mass is 10.00. The van der Waals surface area contributed by atoms with E-state index in [-0.39, 0.29) is 5.91 Å². The third-order valence-corrected chi connectivity index (χ3v) is 6.61. The van der Waals surface area contributed by atoms with Crippen molar-refractivity contribution in [2.24, 2.45) is 4.99 Å². The number of fused-ring (bicyclic) bond motifs is 1. The summed E-state index contributed by atoms with van der Waals surface area (Å²) in [5, 5.41) is 4.71. The number of amides is 1.